The fourth-order valence-electron chi connectivity index (χ4n) is 3.41. The second kappa shape index (κ2) is 5.24. The molecule has 3 rings (SSSR count). The lowest BCUT2D eigenvalue weighted by molar-refractivity contribution is 0.230. The Balaban J connectivity index is 0.00000108. The SMILES string of the molecule is C=CCN1CCCC2CC1c1ccccc12.Cl. The van der Waals surface area contributed by atoms with Gasteiger partial charge in [0.05, 0.1) is 0 Å². The van der Waals surface area contributed by atoms with Gasteiger partial charge in [-0.2, -0.15) is 0 Å². The van der Waals surface area contributed by atoms with Crippen molar-refractivity contribution >= 4 is 12.4 Å². The first-order chi connectivity index (χ1) is 7.90. The Hall–Kier alpha value is -0.790. The summed E-state index contributed by atoms with van der Waals surface area (Å²) >= 11 is 0. The number of benzene rings is 1. The zero-order chi connectivity index (χ0) is 11.0. The molecule has 1 fully saturated rings. The summed E-state index contributed by atoms with van der Waals surface area (Å²) in [7, 11) is 0. The molecule has 1 aliphatic carbocycles. The van der Waals surface area contributed by atoms with Crippen LogP contribution in [0.25, 0.3) is 0 Å². The minimum absolute atomic E-state index is 0. The summed E-state index contributed by atoms with van der Waals surface area (Å²) in [6.45, 7) is 6.15. The summed E-state index contributed by atoms with van der Waals surface area (Å²) in [6, 6.07) is 9.68. The van der Waals surface area contributed by atoms with Crippen LogP contribution in [0.15, 0.2) is 36.9 Å². The van der Waals surface area contributed by atoms with Crippen LogP contribution in [0, 0.1) is 0 Å². The van der Waals surface area contributed by atoms with E-state index in [1.165, 1.54) is 25.8 Å². The highest BCUT2D eigenvalue weighted by Crippen LogP contribution is 2.47. The maximum absolute atomic E-state index is 3.88. The lowest BCUT2D eigenvalue weighted by Crippen LogP contribution is -2.27. The van der Waals surface area contributed by atoms with Crippen LogP contribution in [0.4, 0.5) is 0 Å². The summed E-state index contributed by atoms with van der Waals surface area (Å²) in [6.07, 6.45) is 6.07. The minimum Gasteiger partial charge on any atom is -0.293 e. The van der Waals surface area contributed by atoms with E-state index in [4.69, 9.17) is 0 Å². The summed E-state index contributed by atoms with van der Waals surface area (Å²) in [5.74, 6) is 0.816. The second-order valence-electron chi connectivity index (χ2n) is 5.00. The molecule has 92 valence electrons. The fourth-order valence-corrected chi connectivity index (χ4v) is 3.41. The number of nitrogens with zero attached hydrogens (tertiary/aromatic N) is 1. The van der Waals surface area contributed by atoms with Crippen molar-refractivity contribution in [2.24, 2.45) is 0 Å². The van der Waals surface area contributed by atoms with E-state index in [0.717, 1.165) is 12.5 Å². The molecule has 0 N–H and O–H groups in total. The van der Waals surface area contributed by atoms with Gasteiger partial charge in [-0.1, -0.05) is 30.3 Å². The van der Waals surface area contributed by atoms with Crippen molar-refractivity contribution < 1.29 is 0 Å². The molecule has 2 unspecified atom stereocenters. The standard InChI is InChI=1S/C15H19N.ClH/c1-2-9-16-10-5-6-12-11-15(16)14-8-4-3-7-13(12)14;/h2-4,7-8,12,15H,1,5-6,9-11H2;1H. The minimum atomic E-state index is 0. The summed E-state index contributed by atoms with van der Waals surface area (Å²) in [5, 5.41) is 0. The predicted octanol–water partition coefficient (Wildman–Crippen LogP) is 3.92. The van der Waals surface area contributed by atoms with E-state index >= 15 is 0 Å². The number of hydrogen-bond acceptors (Lipinski definition) is 1. The van der Waals surface area contributed by atoms with Gasteiger partial charge in [-0.25, -0.2) is 0 Å². The molecule has 2 heteroatoms. The van der Waals surface area contributed by atoms with Gasteiger partial charge in [0.25, 0.3) is 0 Å². The number of fused-ring (bicyclic) bond motifs is 5. The number of halogens is 1. The third-order valence-corrected chi connectivity index (χ3v) is 4.10. The molecule has 1 heterocycles. The van der Waals surface area contributed by atoms with E-state index in [2.05, 4.69) is 35.7 Å². The van der Waals surface area contributed by atoms with E-state index in [1.54, 1.807) is 11.1 Å². The van der Waals surface area contributed by atoms with E-state index < -0.39 is 0 Å². The Labute approximate surface area is 110 Å². The maximum Gasteiger partial charge on any atom is 0.0360 e. The second-order valence-corrected chi connectivity index (χ2v) is 5.00. The average molecular weight is 250 g/mol. The smallest absolute Gasteiger partial charge is 0.0360 e. The number of rotatable bonds is 2. The Morgan fingerprint density at radius 3 is 2.82 bits per heavy atom. The van der Waals surface area contributed by atoms with Gasteiger partial charge < -0.3 is 0 Å². The van der Waals surface area contributed by atoms with Crippen LogP contribution in [-0.2, 0) is 0 Å². The van der Waals surface area contributed by atoms with Gasteiger partial charge in [-0.15, -0.1) is 19.0 Å². The monoisotopic (exact) mass is 249 g/mol. The van der Waals surface area contributed by atoms with Gasteiger partial charge in [-0.3, -0.25) is 4.90 Å². The third-order valence-electron chi connectivity index (χ3n) is 4.10. The number of hydrogen-bond donors (Lipinski definition) is 0. The van der Waals surface area contributed by atoms with Crippen LogP contribution in [0.3, 0.4) is 0 Å². The van der Waals surface area contributed by atoms with Gasteiger partial charge in [0.2, 0.25) is 0 Å². The molecule has 0 spiro atoms. The average Bonchev–Trinajstić information content (AvgIpc) is 2.53. The molecule has 1 aromatic rings. The van der Waals surface area contributed by atoms with Gasteiger partial charge >= 0.3 is 0 Å². The summed E-state index contributed by atoms with van der Waals surface area (Å²) in [5.41, 5.74) is 3.19. The van der Waals surface area contributed by atoms with Crippen LogP contribution in [-0.4, -0.2) is 18.0 Å². The Kier molecular flexibility index (Phi) is 3.90. The molecule has 1 saturated heterocycles. The zero-order valence-corrected chi connectivity index (χ0v) is 11.0. The van der Waals surface area contributed by atoms with Crippen molar-refractivity contribution in [1.82, 2.24) is 4.90 Å². The highest BCUT2D eigenvalue weighted by molar-refractivity contribution is 5.85. The van der Waals surface area contributed by atoms with Crippen molar-refractivity contribution in [3.05, 3.63) is 48.0 Å². The molecule has 2 aliphatic rings. The zero-order valence-electron chi connectivity index (χ0n) is 10.1. The van der Waals surface area contributed by atoms with Crippen molar-refractivity contribution in [3.8, 4) is 0 Å². The maximum atomic E-state index is 3.88. The Morgan fingerprint density at radius 1 is 1.29 bits per heavy atom. The van der Waals surface area contributed by atoms with Crippen molar-refractivity contribution in [3.63, 3.8) is 0 Å². The van der Waals surface area contributed by atoms with Crippen LogP contribution in [0.1, 0.15) is 42.3 Å². The van der Waals surface area contributed by atoms with Gasteiger partial charge in [-0.05, 0) is 42.9 Å². The molecule has 0 amide bonds. The predicted molar refractivity (Wildman–Crippen MR) is 74.8 cm³/mol. The van der Waals surface area contributed by atoms with Crippen LogP contribution < -0.4 is 0 Å². The molecular formula is C15H20ClN. The molecule has 1 aromatic carbocycles. The van der Waals surface area contributed by atoms with E-state index in [-0.39, 0.29) is 12.4 Å². The van der Waals surface area contributed by atoms with E-state index in [0.29, 0.717) is 6.04 Å². The van der Waals surface area contributed by atoms with Crippen LogP contribution >= 0.6 is 12.4 Å². The summed E-state index contributed by atoms with van der Waals surface area (Å²) < 4.78 is 0. The highest BCUT2D eigenvalue weighted by atomic mass is 35.5. The lowest BCUT2D eigenvalue weighted by Gasteiger charge is -2.27. The van der Waals surface area contributed by atoms with Crippen molar-refractivity contribution in [2.45, 2.75) is 31.2 Å². The highest BCUT2D eigenvalue weighted by Gasteiger charge is 2.35. The normalized spacial score (nSPS) is 26.8. The lowest BCUT2D eigenvalue weighted by atomic mass is 9.96. The first kappa shape index (κ1) is 12.7. The van der Waals surface area contributed by atoms with E-state index in [1.807, 2.05) is 6.08 Å². The first-order valence-corrected chi connectivity index (χ1v) is 6.34. The topological polar surface area (TPSA) is 3.24 Å². The Bertz CT molecular complexity index is 402. The fraction of sp³-hybridized carbons (Fsp3) is 0.467. The molecule has 0 aromatic heterocycles. The third kappa shape index (κ3) is 2.14. The molecule has 0 radical (unpaired) electrons. The van der Waals surface area contributed by atoms with Gasteiger partial charge in [0.15, 0.2) is 0 Å². The Morgan fingerprint density at radius 2 is 2.06 bits per heavy atom. The quantitative estimate of drug-likeness (QED) is 0.719. The van der Waals surface area contributed by atoms with Crippen LogP contribution in [0.5, 0.6) is 0 Å². The van der Waals surface area contributed by atoms with E-state index in [9.17, 15) is 0 Å². The first-order valence-electron chi connectivity index (χ1n) is 6.34. The molecule has 1 nitrogen and oxygen atoms in total. The molecule has 2 atom stereocenters. The number of likely N-dealkylation sites (tertiary alicyclic amines) is 1. The van der Waals surface area contributed by atoms with Crippen LogP contribution in [0.2, 0.25) is 0 Å². The molecular weight excluding hydrogens is 230 g/mol. The molecule has 1 aliphatic heterocycles. The summed E-state index contributed by atoms with van der Waals surface area (Å²) in [4.78, 5) is 2.60. The molecule has 0 saturated carbocycles. The van der Waals surface area contributed by atoms with Crippen molar-refractivity contribution in [2.75, 3.05) is 13.1 Å². The molecule has 2 bridgehead atoms. The van der Waals surface area contributed by atoms with Crippen molar-refractivity contribution in [1.29, 1.82) is 0 Å². The largest absolute Gasteiger partial charge is 0.293 e. The molecule has 17 heavy (non-hydrogen) atoms. The van der Waals surface area contributed by atoms with Gasteiger partial charge in [0, 0.05) is 12.6 Å². The van der Waals surface area contributed by atoms with Gasteiger partial charge in [0.1, 0.15) is 0 Å².